The standard InChI is InChI=1S/C19H22FN3O2S/c1-25-16-6-5-13(20)8-14(16)15-10-26-18(22-15)23-17(24)19-7-3-2-4-12(19)9-21-11-19/h5-6,8,10,12,21H,2-4,7,9,11H2,1H3,(H,22,23,24)/t12-,19+/m0/s1. The fourth-order valence-electron chi connectivity index (χ4n) is 4.25. The monoisotopic (exact) mass is 375 g/mol. The van der Waals surface area contributed by atoms with Crippen molar-refractivity contribution in [3.8, 4) is 17.0 Å². The zero-order chi connectivity index (χ0) is 18.1. The van der Waals surface area contributed by atoms with Crippen LogP contribution in [0.25, 0.3) is 11.3 Å². The first-order valence-corrected chi connectivity index (χ1v) is 9.82. The third-order valence-corrected chi connectivity index (χ3v) is 6.41. The molecule has 7 heteroatoms. The fraction of sp³-hybridized carbons (Fsp3) is 0.474. The molecule has 1 aromatic carbocycles. The highest BCUT2D eigenvalue weighted by Gasteiger charge is 2.50. The number of anilines is 1. The summed E-state index contributed by atoms with van der Waals surface area (Å²) in [5.74, 6) is 0.666. The first-order chi connectivity index (χ1) is 12.6. The van der Waals surface area contributed by atoms with Crippen molar-refractivity contribution in [3.05, 3.63) is 29.4 Å². The molecule has 1 saturated carbocycles. The molecule has 1 aromatic heterocycles. The highest BCUT2D eigenvalue weighted by Crippen LogP contribution is 2.44. The van der Waals surface area contributed by atoms with Gasteiger partial charge in [0.25, 0.3) is 0 Å². The molecule has 1 aliphatic heterocycles. The summed E-state index contributed by atoms with van der Waals surface area (Å²) in [5, 5.41) is 8.76. The average Bonchev–Trinajstić information content (AvgIpc) is 3.29. The third kappa shape index (κ3) is 2.99. The van der Waals surface area contributed by atoms with E-state index in [-0.39, 0.29) is 17.1 Å². The summed E-state index contributed by atoms with van der Waals surface area (Å²) in [4.78, 5) is 17.5. The van der Waals surface area contributed by atoms with Crippen molar-refractivity contribution < 1.29 is 13.9 Å². The minimum absolute atomic E-state index is 0.0549. The first-order valence-electron chi connectivity index (χ1n) is 8.94. The topological polar surface area (TPSA) is 63.2 Å². The number of thiazole rings is 1. The van der Waals surface area contributed by atoms with E-state index in [0.717, 1.165) is 32.4 Å². The van der Waals surface area contributed by atoms with E-state index in [2.05, 4.69) is 15.6 Å². The van der Waals surface area contributed by atoms with Crippen LogP contribution in [0.4, 0.5) is 9.52 Å². The Labute approximate surface area is 156 Å². The number of rotatable bonds is 4. The van der Waals surface area contributed by atoms with E-state index >= 15 is 0 Å². The largest absolute Gasteiger partial charge is 0.496 e. The van der Waals surface area contributed by atoms with Crippen molar-refractivity contribution in [2.45, 2.75) is 25.7 Å². The summed E-state index contributed by atoms with van der Waals surface area (Å²) in [7, 11) is 1.54. The Hall–Kier alpha value is -1.99. The number of amides is 1. The number of carbonyl (C=O) groups excluding carboxylic acids is 1. The molecule has 1 aliphatic carbocycles. The molecular formula is C19H22FN3O2S. The Bertz CT molecular complexity index is 825. The number of nitrogens with one attached hydrogen (secondary N) is 2. The van der Waals surface area contributed by atoms with Crippen LogP contribution in [0.1, 0.15) is 25.7 Å². The Balaban J connectivity index is 1.56. The van der Waals surface area contributed by atoms with Crippen LogP contribution in [0, 0.1) is 17.2 Å². The van der Waals surface area contributed by atoms with Crippen LogP contribution in [0.3, 0.4) is 0 Å². The number of halogens is 1. The normalized spacial score (nSPS) is 24.9. The van der Waals surface area contributed by atoms with Crippen molar-refractivity contribution in [3.63, 3.8) is 0 Å². The Morgan fingerprint density at radius 1 is 1.46 bits per heavy atom. The van der Waals surface area contributed by atoms with Crippen LogP contribution in [0.15, 0.2) is 23.6 Å². The van der Waals surface area contributed by atoms with E-state index < -0.39 is 0 Å². The van der Waals surface area contributed by atoms with Gasteiger partial charge in [-0.2, -0.15) is 0 Å². The van der Waals surface area contributed by atoms with E-state index in [9.17, 15) is 9.18 Å². The minimum Gasteiger partial charge on any atom is -0.496 e. The molecule has 138 valence electrons. The summed E-state index contributed by atoms with van der Waals surface area (Å²) in [6.07, 6.45) is 4.31. The van der Waals surface area contributed by atoms with Gasteiger partial charge in [0.2, 0.25) is 5.91 Å². The smallest absolute Gasteiger partial charge is 0.233 e. The van der Waals surface area contributed by atoms with Gasteiger partial charge in [-0.25, -0.2) is 9.37 Å². The molecule has 0 spiro atoms. The lowest BCUT2D eigenvalue weighted by Crippen LogP contribution is -2.44. The molecule has 2 N–H and O–H groups in total. The van der Waals surface area contributed by atoms with Gasteiger partial charge in [0.15, 0.2) is 5.13 Å². The lowest BCUT2D eigenvalue weighted by molar-refractivity contribution is -0.128. The molecular weight excluding hydrogens is 353 g/mol. The number of methoxy groups -OCH3 is 1. The highest BCUT2D eigenvalue weighted by molar-refractivity contribution is 7.14. The molecule has 1 saturated heterocycles. The molecule has 26 heavy (non-hydrogen) atoms. The molecule has 1 amide bonds. The van der Waals surface area contributed by atoms with Crippen molar-refractivity contribution in [1.82, 2.24) is 10.3 Å². The van der Waals surface area contributed by atoms with E-state index in [1.807, 2.05) is 5.38 Å². The van der Waals surface area contributed by atoms with Crippen LogP contribution < -0.4 is 15.4 Å². The minimum atomic E-state index is -0.347. The number of hydrogen-bond donors (Lipinski definition) is 2. The van der Waals surface area contributed by atoms with E-state index in [4.69, 9.17) is 4.74 Å². The number of aromatic nitrogens is 1. The molecule has 2 aliphatic rings. The second kappa shape index (κ2) is 6.96. The van der Waals surface area contributed by atoms with Crippen molar-refractivity contribution in [1.29, 1.82) is 0 Å². The predicted octanol–water partition coefficient (Wildman–Crippen LogP) is 3.68. The van der Waals surface area contributed by atoms with Gasteiger partial charge in [0.1, 0.15) is 11.6 Å². The summed E-state index contributed by atoms with van der Waals surface area (Å²) < 4.78 is 18.9. The fourth-order valence-corrected chi connectivity index (χ4v) is 4.95. The first kappa shape index (κ1) is 17.4. The highest BCUT2D eigenvalue weighted by atomic mass is 32.1. The van der Waals surface area contributed by atoms with Crippen molar-refractivity contribution in [2.24, 2.45) is 11.3 Å². The lowest BCUT2D eigenvalue weighted by Gasteiger charge is -2.36. The van der Waals surface area contributed by atoms with Crippen LogP contribution in [-0.2, 0) is 4.79 Å². The number of carbonyl (C=O) groups is 1. The van der Waals surface area contributed by atoms with Crippen molar-refractivity contribution >= 4 is 22.4 Å². The number of benzene rings is 1. The zero-order valence-corrected chi connectivity index (χ0v) is 15.5. The third-order valence-electron chi connectivity index (χ3n) is 5.65. The Morgan fingerprint density at radius 3 is 3.19 bits per heavy atom. The van der Waals surface area contributed by atoms with Gasteiger partial charge in [-0.3, -0.25) is 4.79 Å². The molecule has 0 radical (unpaired) electrons. The number of hydrogen-bond acceptors (Lipinski definition) is 5. The molecule has 0 bridgehead atoms. The van der Waals surface area contributed by atoms with E-state index in [0.29, 0.717) is 28.1 Å². The number of nitrogens with zero attached hydrogens (tertiary/aromatic N) is 1. The SMILES string of the molecule is COc1ccc(F)cc1-c1csc(NC(=O)[C@@]23CCCC[C@H]2CNC3)n1. The van der Waals surface area contributed by atoms with Gasteiger partial charge in [-0.15, -0.1) is 11.3 Å². The molecule has 5 nitrogen and oxygen atoms in total. The molecule has 2 atom stereocenters. The van der Waals surface area contributed by atoms with E-state index in [1.54, 1.807) is 13.2 Å². The van der Waals surface area contributed by atoms with Gasteiger partial charge in [0, 0.05) is 17.5 Å². The summed E-state index contributed by atoms with van der Waals surface area (Å²) in [6, 6.07) is 4.33. The second-order valence-electron chi connectivity index (χ2n) is 7.07. The van der Waals surface area contributed by atoms with Gasteiger partial charge in [-0.05, 0) is 43.5 Å². The summed E-state index contributed by atoms with van der Waals surface area (Å²) >= 11 is 1.35. The molecule has 2 fully saturated rings. The van der Waals surface area contributed by atoms with Gasteiger partial charge in [-0.1, -0.05) is 12.8 Å². The van der Waals surface area contributed by atoms with Crippen LogP contribution in [-0.4, -0.2) is 31.1 Å². The summed E-state index contributed by atoms with van der Waals surface area (Å²) in [6.45, 7) is 1.65. The summed E-state index contributed by atoms with van der Waals surface area (Å²) in [5.41, 5.74) is 0.866. The molecule has 0 unspecified atom stereocenters. The maximum absolute atomic E-state index is 13.6. The van der Waals surface area contributed by atoms with Crippen LogP contribution >= 0.6 is 11.3 Å². The molecule has 2 aromatic rings. The van der Waals surface area contributed by atoms with Crippen LogP contribution in [0.5, 0.6) is 5.75 Å². The Kier molecular flexibility index (Phi) is 4.67. The van der Waals surface area contributed by atoms with E-state index in [1.165, 1.54) is 29.9 Å². The molecule has 4 rings (SSSR count). The van der Waals surface area contributed by atoms with Gasteiger partial charge >= 0.3 is 0 Å². The molecule has 2 heterocycles. The Morgan fingerprint density at radius 2 is 2.35 bits per heavy atom. The maximum Gasteiger partial charge on any atom is 0.233 e. The zero-order valence-electron chi connectivity index (χ0n) is 14.7. The van der Waals surface area contributed by atoms with Crippen molar-refractivity contribution in [2.75, 3.05) is 25.5 Å². The quantitative estimate of drug-likeness (QED) is 0.856. The number of ether oxygens (including phenoxy) is 1. The second-order valence-corrected chi connectivity index (χ2v) is 7.92. The van der Waals surface area contributed by atoms with Gasteiger partial charge < -0.3 is 15.4 Å². The number of fused-ring (bicyclic) bond motifs is 1. The predicted molar refractivity (Wildman–Crippen MR) is 100.0 cm³/mol. The maximum atomic E-state index is 13.6. The lowest BCUT2D eigenvalue weighted by atomic mass is 9.68. The van der Waals surface area contributed by atoms with Crippen LogP contribution in [0.2, 0.25) is 0 Å². The van der Waals surface area contributed by atoms with Gasteiger partial charge in [0.05, 0.1) is 18.2 Å². The average molecular weight is 375 g/mol.